The van der Waals surface area contributed by atoms with Gasteiger partial charge in [-0.05, 0) is 30.5 Å². The Balaban J connectivity index is 2.77. The van der Waals surface area contributed by atoms with E-state index in [-0.39, 0.29) is 11.7 Å². The first-order chi connectivity index (χ1) is 6.95. The van der Waals surface area contributed by atoms with Crippen LogP contribution in [0.1, 0.15) is 32.8 Å². The van der Waals surface area contributed by atoms with E-state index in [1.165, 1.54) is 0 Å². The van der Waals surface area contributed by atoms with Crippen molar-refractivity contribution in [2.45, 2.75) is 39.2 Å². The van der Waals surface area contributed by atoms with Gasteiger partial charge >= 0.3 is 0 Å². The summed E-state index contributed by atoms with van der Waals surface area (Å²) in [5, 5.41) is 19.6. The molecule has 0 radical (unpaired) electrons. The molecule has 0 aromatic heterocycles. The third-order valence-electron chi connectivity index (χ3n) is 3.15. The number of phenols is 1. The van der Waals surface area contributed by atoms with E-state index in [4.69, 9.17) is 0 Å². The van der Waals surface area contributed by atoms with Crippen LogP contribution in [-0.2, 0) is 6.42 Å². The van der Waals surface area contributed by atoms with Gasteiger partial charge in [0.2, 0.25) is 0 Å². The van der Waals surface area contributed by atoms with Crippen LogP contribution in [0.4, 0.5) is 0 Å². The first-order valence-electron chi connectivity index (χ1n) is 5.46. The summed E-state index contributed by atoms with van der Waals surface area (Å²) >= 11 is 0. The van der Waals surface area contributed by atoms with Crippen molar-refractivity contribution >= 4 is 0 Å². The zero-order valence-corrected chi connectivity index (χ0v) is 9.70. The second-order valence-corrected chi connectivity index (χ2v) is 4.51. The molecule has 2 nitrogen and oxygen atoms in total. The molecule has 1 rings (SSSR count). The molecule has 2 atom stereocenters. The highest BCUT2D eigenvalue weighted by Gasteiger charge is 2.27. The van der Waals surface area contributed by atoms with Gasteiger partial charge in [-0.1, -0.05) is 32.4 Å². The second kappa shape index (κ2) is 4.67. The van der Waals surface area contributed by atoms with Crippen molar-refractivity contribution in [2.24, 2.45) is 5.92 Å². The van der Waals surface area contributed by atoms with Gasteiger partial charge in [0.05, 0.1) is 5.60 Å². The van der Waals surface area contributed by atoms with Crippen LogP contribution in [0.2, 0.25) is 0 Å². The average molecular weight is 208 g/mol. The molecular weight excluding hydrogens is 188 g/mol. The Morgan fingerprint density at radius 3 is 2.60 bits per heavy atom. The first-order valence-corrected chi connectivity index (χ1v) is 5.46. The maximum absolute atomic E-state index is 10.2. The largest absolute Gasteiger partial charge is 0.508 e. The molecule has 0 amide bonds. The maximum atomic E-state index is 10.2. The Labute approximate surface area is 91.6 Å². The van der Waals surface area contributed by atoms with E-state index in [0.29, 0.717) is 6.42 Å². The number of benzene rings is 1. The number of aliphatic hydroxyl groups is 1. The molecule has 0 saturated carbocycles. The van der Waals surface area contributed by atoms with Gasteiger partial charge < -0.3 is 10.2 Å². The van der Waals surface area contributed by atoms with Gasteiger partial charge in [-0.25, -0.2) is 0 Å². The predicted octanol–water partition coefficient (Wildman–Crippen LogP) is 2.73. The van der Waals surface area contributed by atoms with Crippen LogP contribution < -0.4 is 0 Å². The molecule has 15 heavy (non-hydrogen) atoms. The third kappa shape index (κ3) is 3.24. The van der Waals surface area contributed by atoms with Crippen LogP contribution in [0.15, 0.2) is 24.3 Å². The van der Waals surface area contributed by atoms with E-state index in [2.05, 4.69) is 6.92 Å². The zero-order valence-electron chi connectivity index (χ0n) is 9.70. The molecule has 84 valence electrons. The third-order valence-corrected chi connectivity index (χ3v) is 3.15. The van der Waals surface area contributed by atoms with E-state index in [1.807, 2.05) is 19.9 Å². The van der Waals surface area contributed by atoms with Crippen molar-refractivity contribution in [2.75, 3.05) is 0 Å². The molecule has 2 N–H and O–H groups in total. The number of rotatable bonds is 4. The highest BCUT2D eigenvalue weighted by atomic mass is 16.3. The number of hydrogen-bond acceptors (Lipinski definition) is 2. The van der Waals surface area contributed by atoms with E-state index < -0.39 is 5.60 Å². The summed E-state index contributed by atoms with van der Waals surface area (Å²) in [5.41, 5.74) is 0.267. The summed E-state index contributed by atoms with van der Waals surface area (Å²) in [6.07, 6.45) is 1.53. The van der Waals surface area contributed by atoms with Crippen LogP contribution in [0.25, 0.3) is 0 Å². The molecule has 0 aliphatic carbocycles. The first kappa shape index (κ1) is 12.1. The quantitative estimate of drug-likeness (QED) is 0.798. The summed E-state index contributed by atoms with van der Waals surface area (Å²) in [6.45, 7) is 5.97. The topological polar surface area (TPSA) is 40.5 Å². The number of hydrogen-bond donors (Lipinski definition) is 2. The minimum absolute atomic E-state index is 0.250. The van der Waals surface area contributed by atoms with Gasteiger partial charge in [0.25, 0.3) is 0 Å². The zero-order chi connectivity index (χ0) is 11.5. The van der Waals surface area contributed by atoms with Gasteiger partial charge in [-0.15, -0.1) is 0 Å². The molecular formula is C13H20O2. The molecule has 0 bridgehead atoms. The van der Waals surface area contributed by atoms with Gasteiger partial charge in [0.15, 0.2) is 0 Å². The van der Waals surface area contributed by atoms with E-state index in [9.17, 15) is 10.2 Å². The van der Waals surface area contributed by atoms with Crippen molar-refractivity contribution in [3.05, 3.63) is 29.8 Å². The minimum Gasteiger partial charge on any atom is -0.508 e. The Morgan fingerprint density at radius 1 is 1.40 bits per heavy atom. The summed E-state index contributed by atoms with van der Waals surface area (Å²) in [6, 6.07) is 7.08. The van der Waals surface area contributed by atoms with E-state index in [0.717, 1.165) is 12.0 Å². The smallest absolute Gasteiger partial charge is 0.115 e. The molecule has 0 aliphatic heterocycles. The lowest BCUT2D eigenvalue weighted by molar-refractivity contribution is 0.00515. The van der Waals surface area contributed by atoms with Crippen molar-refractivity contribution in [3.8, 4) is 5.75 Å². The lowest BCUT2D eigenvalue weighted by Crippen LogP contribution is -2.34. The molecule has 1 aromatic carbocycles. The van der Waals surface area contributed by atoms with Crippen molar-refractivity contribution in [1.29, 1.82) is 0 Å². The highest BCUT2D eigenvalue weighted by Crippen LogP contribution is 2.25. The Kier molecular flexibility index (Phi) is 3.75. The lowest BCUT2D eigenvalue weighted by atomic mass is 9.83. The Bertz CT molecular complexity index is 318. The van der Waals surface area contributed by atoms with Crippen LogP contribution >= 0.6 is 0 Å². The number of aromatic hydroxyl groups is 1. The second-order valence-electron chi connectivity index (χ2n) is 4.51. The van der Waals surface area contributed by atoms with Gasteiger partial charge in [0.1, 0.15) is 5.75 Å². The Morgan fingerprint density at radius 2 is 2.07 bits per heavy atom. The highest BCUT2D eigenvalue weighted by molar-refractivity contribution is 5.28. The predicted molar refractivity (Wildman–Crippen MR) is 61.9 cm³/mol. The van der Waals surface area contributed by atoms with Crippen molar-refractivity contribution in [3.63, 3.8) is 0 Å². The van der Waals surface area contributed by atoms with Crippen LogP contribution in [0.5, 0.6) is 5.75 Å². The molecule has 2 unspecified atom stereocenters. The van der Waals surface area contributed by atoms with Crippen LogP contribution in [-0.4, -0.2) is 15.8 Å². The van der Waals surface area contributed by atoms with E-state index in [1.54, 1.807) is 18.2 Å². The molecule has 0 heterocycles. The number of phenolic OH excluding ortho intramolecular Hbond substituents is 1. The standard InChI is InChI=1S/C13H20O2/c1-4-10(2)13(3,15)9-11-6-5-7-12(14)8-11/h5-8,10,14-15H,4,9H2,1-3H3. The monoisotopic (exact) mass is 208 g/mol. The fraction of sp³-hybridized carbons (Fsp3) is 0.538. The molecule has 2 heteroatoms. The average Bonchev–Trinajstić information content (AvgIpc) is 2.15. The summed E-state index contributed by atoms with van der Waals surface area (Å²) in [7, 11) is 0. The maximum Gasteiger partial charge on any atom is 0.115 e. The van der Waals surface area contributed by atoms with Gasteiger partial charge in [0, 0.05) is 6.42 Å². The fourth-order valence-corrected chi connectivity index (χ4v) is 1.69. The summed E-state index contributed by atoms with van der Waals surface area (Å²) in [5.74, 6) is 0.507. The molecule has 0 spiro atoms. The normalized spacial score (nSPS) is 17.1. The summed E-state index contributed by atoms with van der Waals surface area (Å²) < 4.78 is 0. The van der Waals surface area contributed by atoms with Crippen LogP contribution in [0, 0.1) is 5.92 Å². The van der Waals surface area contributed by atoms with Crippen LogP contribution in [0.3, 0.4) is 0 Å². The molecule has 1 aromatic rings. The van der Waals surface area contributed by atoms with Gasteiger partial charge in [-0.3, -0.25) is 0 Å². The SMILES string of the molecule is CCC(C)C(C)(O)Cc1cccc(O)c1. The molecule has 0 aliphatic rings. The van der Waals surface area contributed by atoms with Gasteiger partial charge in [-0.2, -0.15) is 0 Å². The molecule has 0 fully saturated rings. The Hall–Kier alpha value is -1.02. The lowest BCUT2D eigenvalue weighted by Gasteiger charge is -2.29. The van der Waals surface area contributed by atoms with Crippen molar-refractivity contribution in [1.82, 2.24) is 0 Å². The van der Waals surface area contributed by atoms with Crippen molar-refractivity contribution < 1.29 is 10.2 Å². The molecule has 0 saturated heterocycles. The van der Waals surface area contributed by atoms with E-state index >= 15 is 0 Å². The fourth-order valence-electron chi connectivity index (χ4n) is 1.69. The summed E-state index contributed by atoms with van der Waals surface area (Å²) in [4.78, 5) is 0. The minimum atomic E-state index is -0.706.